The Morgan fingerprint density at radius 3 is 2.38 bits per heavy atom. The molecule has 2 aromatic carbocycles. The minimum atomic E-state index is -0.192. The molecule has 0 fully saturated rings. The first-order valence-electron chi connectivity index (χ1n) is 8.92. The maximum Gasteiger partial charge on any atom is 0.315 e. The van der Waals surface area contributed by atoms with Gasteiger partial charge in [0.05, 0.1) is 6.04 Å². The molecule has 0 heterocycles. The third-order valence-electron chi connectivity index (χ3n) is 4.14. The van der Waals surface area contributed by atoms with Gasteiger partial charge in [-0.3, -0.25) is 4.79 Å². The van der Waals surface area contributed by atoms with Gasteiger partial charge in [-0.1, -0.05) is 42.5 Å². The van der Waals surface area contributed by atoms with Gasteiger partial charge >= 0.3 is 6.03 Å². The van der Waals surface area contributed by atoms with E-state index < -0.39 is 0 Å². The van der Waals surface area contributed by atoms with E-state index in [-0.39, 0.29) is 24.0 Å². The molecule has 5 nitrogen and oxygen atoms in total. The van der Waals surface area contributed by atoms with Crippen LogP contribution in [-0.2, 0) is 11.2 Å². The van der Waals surface area contributed by atoms with E-state index in [1.165, 1.54) is 12.5 Å². The van der Waals surface area contributed by atoms with Gasteiger partial charge in [0.2, 0.25) is 5.91 Å². The van der Waals surface area contributed by atoms with E-state index >= 15 is 0 Å². The monoisotopic (exact) mass is 353 g/mol. The zero-order valence-corrected chi connectivity index (χ0v) is 15.6. The first-order valence-corrected chi connectivity index (χ1v) is 8.92. The molecule has 0 bridgehead atoms. The first kappa shape index (κ1) is 19.5. The van der Waals surface area contributed by atoms with Crippen LogP contribution in [0.5, 0.6) is 0 Å². The minimum Gasteiger partial charge on any atom is -0.336 e. The fraction of sp³-hybridized carbons (Fsp3) is 0.333. The number of rotatable bonds is 7. The molecule has 138 valence electrons. The summed E-state index contributed by atoms with van der Waals surface area (Å²) in [6.45, 7) is 5.39. The van der Waals surface area contributed by atoms with Crippen LogP contribution >= 0.6 is 0 Å². The van der Waals surface area contributed by atoms with Crippen LogP contribution in [-0.4, -0.2) is 18.0 Å². The summed E-state index contributed by atoms with van der Waals surface area (Å²) in [4.78, 5) is 23.4. The Morgan fingerprint density at radius 1 is 0.962 bits per heavy atom. The zero-order chi connectivity index (χ0) is 18.9. The van der Waals surface area contributed by atoms with Crippen LogP contribution < -0.4 is 16.0 Å². The van der Waals surface area contributed by atoms with Gasteiger partial charge in [-0.15, -0.1) is 0 Å². The second-order valence-electron chi connectivity index (χ2n) is 6.57. The topological polar surface area (TPSA) is 70.2 Å². The predicted molar refractivity (Wildman–Crippen MR) is 105 cm³/mol. The molecule has 2 aromatic rings. The van der Waals surface area contributed by atoms with Crippen molar-refractivity contribution in [3.63, 3.8) is 0 Å². The number of carbonyl (C=O) groups is 2. The number of hydrogen-bond acceptors (Lipinski definition) is 2. The highest BCUT2D eigenvalue weighted by Crippen LogP contribution is 2.17. The standard InChI is InChI=1S/C21H27N3O2/c1-15(12-13-18-8-5-4-6-9-18)22-21(26)23-16(2)19-10-7-11-20(14-19)24-17(3)25/h4-11,14-16H,12-13H2,1-3H3,(H,24,25)(H2,22,23,26). The number of hydrogen-bond donors (Lipinski definition) is 3. The van der Waals surface area contributed by atoms with Crippen molar-refractivity contribution in [1.29, 1.82) is 0 Å². The second-order valence-corrected chi connectivity index (χ2v) is 6.57. The number of benzene rings is 2. The van der Waals surface area contributed by atoms with Crippen molar-refractivity contribution < 1.29 is 9.59 Å². The average molecular weight is 353 g/mol. The van der Waals surface area contributed by atoms with Crippen molar-refractivity contribution in [2.75, 3.05) is 5.32 Å². The van der Waals surface area contributed by atoms with Crippen LogP contribution in [0, 0.1) is 0 Å². The molecule has 2 rings (SSSR count). The van der Waals surface area contributed by atoms with E-state index in [4.69, 9.17) is 0 Å². The maximum atomic E-state index is 12.2. The van der Waals surface area contributed by atoms with Gasteiger partial charge in [0.1, 0.15) is 0 Å². The van der Waals surface area contributed by atoms with Crippen LogP contribution in [0.2, 0.25) is 0 Å². The van der Waals surface area contributed by atoms with Crippen molar-refractivity contribution >= 4 is 17.6 Å². The van der Waals surface area contributed by atoms with Crippen molar-refractivity contribution in [2.24, 2.45) is 0 Å². The second kappa shape index (κ2) is 9.61. The molecule has 2 atom stereocenters. The Kier molecular flexibility index (Phi) is 7.21. The third-order valence-corrected chi connectivity index (χ3v) is 4.14. The summed E-state index contributed by atoms with van der Waals surface area (Å²) in [5.41, 5.74) is 2.92. The number of carbonyl (C=O) groups excluding carboxylic acids is 2. The summed E-state index contributed by atoms with van der Waals surface area (Å²) in [7, 11) is 0. The molecular formula is C21H27N3O2. The highest BCUT2D eigenvalue weighted by molar-refractivity contribution is 5.88. The van der Waals surface area contributed by atoms with Crippen LogP contribution in [0.25, 0.3) is 0 Å². The molecule has 0 spiro atoms. The van der Waals surface area contributed by atoms with Crippen molar-refractivity contribution in [2.45, 2.75) is 45.7 Å². The summed E-state index contributed by atoms with van der Waals surface area (Å²) >= 11 is 0. The lowest BCUT2D eigenvalue weighted by molar-refractivity contribution is -0.114. The van der Waals surface area contributed by atoms with E-state index in [1.54, 1.807) is 0 Å². The van der Waals surface area contributed by atoms with Gasteiger partial charge in [-0.2, -0.15) is 0 Å². The van der Waals surface area contributed by atoms with Gasteiger partial charge in [0, 0.05) is 18.7 Å². The number of anilines is 1. The van der Waals surface area contributed by atoms with Crippen molar-refractivity contribution in [3.05, 3.63) is 65.7 Å². The van der Waals surface area contributed by atoms with E-state index in [9.17, 15) is 9.59 Å². The SMILES string of the molecule is CC(=O)Nc1cccc(C(C)NC(=O)NC(C)CCc2ccccc2)c1. The van der Waals surface area contributed by atoms with Gasteiger partial charge < -0.3 is 16.0 Å². The lowest BCUT2D eigenvalue weighted by Gasteiger charge is -2.19. The molecule has 3 amide bonds. The third kappa shape index (κ3) is 6.59. The van der Waals surface area contributed by atoms with Crippen LogP contribution in [0.15, 0.2) is 54.6 Å². The minimum absolute atomic E-state index is 0.0770. The van der Waals surface area contributed by atoms with Crippen molar-refractivity contribution in [1.82, 2.24) is 10.6 Å². The normalized spacial score (nSPS) is 12.7. The Bertz CT molecular complexity index is 731. The van der Waals surface area contributed by atoms with E-state index in [1.807, 2.05) is 56.3 Å². The summed E-state index contributed by atoms with van der Waals surface area (Å²) in [6.07, 6.45) is 1.81. The summed E-state index contributed by atoms with van der Waals surface area (Å²) in [6, 6.07) is 17.4. The fourth-order valence-electron chi connectivity index (χ4n) is 2.73. The van der Waals surface area contributed by atoms with Crippen LogP contribution in [0.4, 0.5) is 10.5 Å². The smallest absolute Gasteiger partial charge is 0.315 e. The van der Waals surface area contributed by atoms with Crippen LogP contribution in [0.3, 0.4) is 0 Å². The van der Waals surface area contributed by atoms with E-state index in [0.29, 0.717) is 0 Å². The highest BCUT2D eigenvalue weighted by Gasteiger charge is 2.12. The molecule has 5 heteroatoms. The molecule has 0 aliphatic heterocycles. The molecular weight excluding hydrogens is 326 g/mol. The Labute approximate surface area is 155 Å². The number of urea groups is 1. The number of aryl methyl sites for hydroxylation is 1. The zero-order valence-electron chi connectivity index (χ0n) is 15.6. The average Bonchev–Trinajstić information content (AvgIpc) is 2.60. The summed E-state index contributed by atoms with van der Waals surface area (Å²) in [5.74, 6) is -0.118. The molecule has 0 aliphatic carbocycles. The molecule has 0 aromatic heterocycles. The van der Waals surface area contributed by atoms with E-state index in [0.717, 1.165) is 24.1 Å². The Morgan fingerprint density at radius 2 is 1.69 bits per heavy atom. The molecule has 3 N–H and O–H groups in total. The highest BCUT2D eigenvalue weighted by atomic mass is 16.2. The summed E-state index contributed by atoms with van der Waals surface area (Å²) < 4.78 is 0. The van der Waals surface area contributed by atoms with Crippen molar-refractivity contribution in [3.8, 4) is 0 Å². The van der Waals surface area contributed by atoms with Crippen LogP contribution in [0.1, 0.15) is 44.4 Å². The van der Waals surface area contributed by atoms with Gasteiger partial charge in [0.15, 0.2) is 0 Å². The van der Waals surface area contributed by atoms with E-state index in [2.05, 4.69) is 28.1 Å². The van der Waals surface area contributed by atoms with Gasteiger partial charge in [-0.05, 0) is 49.9 Å². The quantitative estimate of drug-likeness (QED) is 0.703. The molecule has 26 heavy (non-hydrogen) atoms. The fourth-order valence-corrected chi connectivity index (χ4v) is 2.73. The molecule has 0 radical (unpaired) electrons. The molecule has 2 unspecified atom stereocenters. The number of amides is 3. The largest absolute Gasteiger partial charge is 0.336 e. The summed E-state index contributed by atoms with van der Waals surface area (Å²) in [5, 5.41) is 8.67. The van der Waals surface area contributed by atoms with Gasteiger partial charge in [-0.25, -0.2) is 4.79 Å². The molecule has 0 saturated carbocycles. The lowest BCUT2D eigenvalue weighted by atomic mass is 10.1. The maximum absolute atomic E-state index is 12.2. The first-order chi connectivity index (χ1) is 12.4. The van der Waals surface area contributed by atoms with Gasteiger partial charge in [0.25, 0.3) is 0 Å². The number of nitrogens with one attached hydrogen (secondary N) is 3. The molecule has 0 saturated heterocycles. The predicted octanol–water partition coefficient (Wildman–Crippen LogP) is 4.03. The molecule has 0 aliphatic rings. The lowest BCUT2D eigenvalue weighted by Crippen LogP contribution is -2.41. The Balaban J connectivity index is 1.81. The Hall–Kier alpha value is -2.82.